The molecule has 0 atom stereocenters. The van der Waals surface area contributed by atoms with Crippen molar-refractivity contribution in [2.45, 2.75) is 6.42 Å². The van der Waals surface area contributed by atoms with E-state index in [9.17, 15) is 9.59 Å². The summed E-state index contributed by atoms with van der Waals surface area (Å²) in [6, 6.07) is 12.5. The van der Waals surface area contributed by atoms with Crippen molar-refractivity contribution in [3.05, 3.63) is 58.3 Å². The molecule has 0 unspecified atom stereocenters. The van der Waals surface area contributed by atoms with Gasteiger partial charge < -0.3 is 9.88 Å². The van der Waals surface area contributed by atoms with Gasteiger partial charge in [0.05, 0.1) is 16.5 Å². The second-order valence-electron chi connectivity index (χ2n) is 6.28. The molecule has 130 valence electrons. The maximum absolute atomic E-state index is 12.9. The van der Waals surface area contributed by atoms with Crippen LogP contribution in [0.2, 0.25) is 0 Å². The molecule has 0 saturated heterocycles. The van der Waals surface area contributed by atoms with Crippen LogP contribution in [0.15, 0.2) is 47.3 Å². The van der Waals surface area contributed by atoms with E-state index in [-0.39, 0.29) is 11.3 Å². The summed E-state index contributed by atoms with van der Waals surface area (Å²) in [7, 11) is 3.94. The fourth-order valence-corrected chi connectivity index (χ4v) is 3.12. The minimum absolute atomic E-state index is 0.161. The molecule has 0 bridgehead atoms. The van der Waals surface area contributed by atoms with Gasteiger partial charge in [-0.15, -0.1) is 0 Å². The van der Waals surface area contributed by atoms with E-state index >= 15 is 0 Å². The molecular formula is C19H20ClN3O2. The Morgan fingerprint density at radius 3 is 2.52 bits per heavy atom. The Balaban J connectivity index is 2.03. The topological polar surface area (TPSA) is 56.4 Å². The summed E-state index contributed by atoms with van der Waals surface area (Å²) < 4.78 is 1.16. The van der Waals surface area contributed by atoms with E-state index in [1.54, 1.807) is 24.3 Å². The molecule has 1 N–H and O–H groups in total. The van der Waals surface area contributed by atoms with Crippen molar-refractivity contribution in [2.24, 2.45) is 0 Å². The normalized spacial score (nSPS) is 11.4. The van der Waals surface area contributed by atoms with Crippen LogP contribution in [0.1, 0.15) is 16.8 Å². The number of carbonyl (C=O) groups excluding carboxylic acids is 1. The number of carbonyl (C=O) groups is 1. The molecule has 0 aliphatic rings. The first-order valence-electron chi connectivity index (χ1n) is 8.15. The number of benzene rings is 2. The van der Waals surface area contributed by atoms with Gasteiger partial charge in [-0.05, 0) is 51.3 Å². The molecule has 0 saturated carbocycles. The number of hydrogen-bond acceptors (Lipinski definition) is 3. The number of nitrogens with one attached hydrogen (secondary N) is 1. The number of fused-ring (bicyclic) bond motifs is 2. The van der Waals surface area contributed by atoms with Crippen molar-refractivity contribution in [3.63, 3.8) is 0 Å². The Kier molecular flexibility index (Phi) is 5.06. The molecule has 3 rings (SSSR count). The first-order chi connectivity index (χ1) is 12.0. The summed E-state index contributed by atoms with van der Waals surface area (Å²) in [6.45, 7) is 1.25. The zero-order valence-corrected chi connectivity index (χ0v) is 15.0. The van der Waals surface area contributed by atoms with Gasteiger partial charge in [0.15, 0.2) is 5.43 Å². The lowest BCUT2D eigenvalue weighted by Crippen LogP contribution is -2.26. The third-order valence-corrected chi connectivity index (χ3v) is 4.47. The van der Waals surface area contributed by atoms with Crippen LogP contribution in [0.25, 0.3) is 21.8 Å². The number of aromatic amines is 1. The SMILES string of the molecule is CN(C)CCCN(Cl)C(=O)c1cccc2[nH]c3ccccc3c(=O)c12. The third kappa shape index (κ3) is 3.52. The largest absolute Gasteiger partial charge is 0.354 e. The Hall–Kier alpha value is -2.37. The van der Waals surface area contributed by atoms with E-state index < -0.39 is 0 Å². The number of aromatic nitrogens is 1. The van der Waals surface area contributed by atoms with Crippen LogP contribution in [-0.4, -0.2) is 47.4 Å². The van der Waals surface area contributed by atoms with E-state index in [1.807, 2.05) is 37.2 Å². The molecule has 0 aliphatic carbocycles. The number of pyridine rings is 1. The fraction of sp³-hybridized carbons (Fsp3) is 0.263. The van der Waals surface area contributed by atoms with Crippen molar-refractivity contribution in [3.8, 4) is 0 Å². The summed E-state index contributed by atoms with van der Waals surface area (Å²) in [4.78, 5) is 30.9. The van der Waals surface area contributed by atoms with Crippen LogP contribution in [0.3, 0.4) is 0 Å². The highest BCUT2D eigenvalue weighted by molar-refractivity contribution is 6.26. The molecule has 25 heavy (non-hydrogen) atoms. The van der Waals surface area contributed by atoms with E-state index in [0.29, 0.717) is 28.4 Å². The lowest BCUT2D eigenvalue weighted by molar-refractivity contribution is 0.0862. The standard InChI is InChI=1S/C19H20ClN3O2/c1-22(2)11-6-12-23(20)19(25)14-8-5-10-16-17(14)18(24)13-7-3-4-9-15(13)21-16/h3-5,7-10H,6,11-12H2,1-2H3,(H,21,24). The number of hydrogen-bond donors (Lipinski definition) is 1. The average molecular weight is 358 g/mol. The molecule has 3 aromatic rings. The van der Waals surface area contributed by atoms with Crippen LogP contribution in [0.5, 0.6) is 0 Å². The van der Waals surface area contributed by atoms with Crippen LogP contribution in [-0.2, 0) is 0 Å². The number of nitrogens with zero attached hydrogens (tertiary/aromatic N) is 2. The molecule has 0 aliphatic heterocycles. The first kappa shape index (κ1) is 17.5. The maximum Gasteiger partial charge on any atom is 0.269 e. The highest BCUT2D eigenvalue weighted by Gasteiger charge is 2.19. The van der Waals surface area contributed by atoms with Crippen LogP contribution in [0, 0.1) is 0 Å². The van der Waals surface area contributed by atoms with Crippen molar-refractivity contribution in [2.75, 3.05) is 27.2 Å². The van der Waals surface area contributed by atoms with Gasteiger partial charge in [-0.2, -0.15) is 0 Å². The van der Waals surface area contributed by atoms with E-state index in [2.05, 4.69) is 4.98 Å². The number of halogens is 1. The van der Waals surface area contributed by atoms with Crippen molar-refractivity contribution >= 4 is 39.5 Å². The molecule has 2 aromatic carbocycles. The van der Waals surface area contributed by atoms with Gasteiger partial charge in [0.25, 0.3) is 5.91 Å². The van der Waals surface area contributed by atoms with E-state index in [4.69, 9.17) is 11.8 Å². The number of rotatable bonds is 5. The smallest absolute Gasteiger partial charge is 0.269 e. The lowest BCUT2D eigenvalue weighted by Gasteiger charge is -2.16. The number of H-pyrrole nitrogens is 1. The molecular weight excluding hydrogens is 338 g/mol. The molecule has 1 heterocycles. The quantitative estimate of drug-likeness (QED) is 0.563. The summed E-state index contributed by atoms with van der Waals surface area (Å²) in [6.07, 6.45) is 0.756. The summed E-state index contributed by atoms with van der Waals surface area (Å²) >= 11 is 6.17. The minimum atomic E-state index is -0.355. The third-order valence-electron chi connectivity index (χ3n) is 4.14. The molecule has 0 radical (unpaired) electrons. The van der Waals surface area contributed by atoms with Gasteiger partial charge in [0.1, 0.15) is 0 Å². The predicted octanol–water partition coefficient (Wildman–Crippen LogP) is 3.23. The summed E-state index contributed by atoms with van der Waals surface area (Å²) in [5.74, 6) is -0.355. The Bertz CT molecular complexity index is 981. The van der Waals surface area contributed by atoms with Gasteiger partial charge in [-0.25, -0.2) is 0 Å². The Morgan fingerprint density at radius 1 is 1.04 bits per heavy atom. The molecule has 0 fully saturated rings. The number of para-hydroxylation sites is 1. The number of amides is 1. The Labute approximate surface area is 150 Å². The second kappa shape index (κ2) is 7.25. The van der Waals surface area contributed by atoms with Crippen LogP contribution < -0.4 is 5.43 Å². The molecule has 5 nitrogen and oxygen atoms in total. The minimum Gasteiger partial charge on any atom is -0.354 e. The predicted molar refractivity (Wildman–Crippen MR) is 102 cm³/mol. The van der Waals surface area contributed by atoms with Crippen LogP contribution >= 0.6 is 11.8 Å². The highest BCUT2D eigenvalue weighted by Crippen LogP contribution is 2.20. The fourth-order valence-electron chi connectivity index (χ4n) is 2.91. The monoisotopic (exact) mass is 357 g/mol. The Morgan fingerprint density at radius 2 is 1.76 bits per heavy atom. The van der Waals surface area contributed by atoms with Gasteiger partial charge in [-0.3, -0.25) is 14.0 Å². The summed E-state index contributed by atoms with van der Waals surface area (Å²) in [5.41, 5.74) is 1.54. The van der Waals surface area contributed by atoms with Gasteiger partial charge in [-0.1, -0.05) is 18.2 Å². The first-order valence-corrected chi connectivity index (χ1v) is 8.49. The van der Waals surface area contributed by atoms with Gasteiger partial charge in [0.2, 0.25) is 0 Å². The molecule has 1 amide bonds. The molecule has 6 heteroatoms. The van der Waals surface area contributed by atoms with Crippen LogP contribution in [0.4, 0.5) is 0 Å². The van der Waals surface area contributed by atoms with Crippen molar-refractivity contribution in [1.82, 2.24) is 14.3 Å². The maximum atomic E-state index is 12.9. The zero-order valence-electron chi connectivity index (χ0n) is 14.3. The zero-order chi connectivity index (χ0) is 18.0. The van der Waals surface area contributed by atoms with Crippen molar-refractivity contribution in [1.29, 1.82) is 0 Å². The van der Waals surface area contributed by atoms with Gasteiger partial charge >= 0.3 is 0 Å². The van der Waals surface area contributed by atoms with E-state index in [0.717, 1.165) is 22.9 Å². The van der Waals surface area contributed by atoms with E-state index in [1.165, 1.54) is 0 Å². The average Bonchev–Trinajstić information content (AvgIpc) is 2.60. The van der Waals surface area contributed by atoms with Crippen molar-refractivity contribution < 1.29 is 4.79 Å². The molecule has 1 aromatic heterocycles. The van der Waals surface area contributed by atoms with Gasteiger partial charge in [0, 0.05) is 29.2 Å². The highest BCUT2D eigenvalue weighted by atomic mass is 35.5. The second-order valence-corrected chi connectivity index (χ2v) is 6.68. The summed E-state index contributed by atoms with van der Waals surface area (Å²) in [5, 5.41) is 0.938. The molecule has 0 spiro atoms. The lowest BCUT2D eigenvalue weighted by atomic mass is 10.0.